The van der Waals surface area contributed by atoms with E-state index in [1.54, 1.807) is 12.1 Å². The lowest BCUT2D eigenvalue weighted by Crippen LogP contribution is -2.43. The van der Waals surface area contributed by atoms with Crippen molar-refractivity contribution in [1.29, 1.82) is 0 Å². The third-order valence-electron chi connectivity index (χ3n) is 6.03. The Labute approximate surface area is 188 Å². The van der Waals surface area contributed by atoms with Gasteiger partial charge in [-0.05, 0) is 80.5 Å². The number of nitrogens with zero attached hydrogens (tertiary/aromatic N) is 2. The third-order valence-corrected chi connectivity index (χ3v) is 6.90. The second-order valence-corrected chi connectivity index (χ2v) is 9.41. The number of ether oxygens (including phenoxy) is 1. The molecule has 6 nitrogen and oxygen atoms in total. The van der Waals surface area contributed by atoms with Crippen LogP contribution in [-0.4, -0.2) is 49.0 Å². The molecule has 1 atom stereocenters. The van der Waals surface area contributed by atoms with Crippen molar-refractivity contribution in [1.82, 2.24) is 10.2 Å². The van der Waals surface area contributed by atoms with E-state index in [-0.39, 0.29) is 18.2 Å². The molecule has 2 saturated heterocycles. The van der Waals surface area contributed by atoms with Crippen LogP contribution < -0.4 is 15.0 Å². The molecule has 0 radical (unpaired) electrons. The van der Waals surface area contributed by atoms with Gasteiger partial charge in [0.1, 0.15) is 5.75 Å². The third kappa shape index (κ3) is 5.53. The van der Waals surface area contributed by atoms with Crippen LogP contribution >= 0.6 is 11.3 Å². The zero-order valence-electron chi connectivity index (χ0n) is 18.1. The van der Waals surface area contributed by atoms with E-state index >= 15 is 0 Å². The fraction of sp³-hybridized carbons (Fsp3) is 0.500. The van der Waals surface area contributed by atoms with Gasteiger partial charge in [0.05, 0.1) is 24.8 Å². The van der Waals surface area contributed by atoms with E-state index in [4.69, 9.17) is 4.74 Å². The largest absolute Gasteiger partial charge is 0.494 e. The molecule has 3 heterocycles. The zero-order valence-corrected chi connectivity index (χ0v) is 18.9. The molecule has 0 bridgehead atoms. The zero-order chi connectivity index (χ0) is 21.6. The fourth-order valence-corrected chi connectivity index (χ4v) is 5.00. The van der Waals surface area contributed by atoms with Crippen molar-refractivity contribution in [2.24, 2.45) is 5.92 Å². The van der Waals surface area contributed by atoms with E-state index in [1.165, 1.54) is 9.78 Å². The Morgan fingerprint density at radius 3 is 2.58 bits per heavy atom. The summed E-state index contributed by atoms with van der Waals surface area (Å²) in [6.45, 7) is 6.69. The van der Waals surface area contributed by atoms with Gasteiger partial charge in [0.15, 0.2) is 0 Å². The number of benzene rings is 1. The molecule has 1 aromatic carbocycles. The molecule has 0 unspecified atom stereocenters. The Kier molecular flexibility index (Phi) is 7.37. The average Bonchev–Trinajstić information content (AvgIpc) is 3.39. The van der Waals surface area contributed by atoms with Crippen molar-refractivity contribution in [3.8, 4) is 5.75 Å². The summed E-state index contributed by atoms with van der Waals surface area (Å²) < 4.78 is 5.59. The van der Waals surface area contributed by atoms with E-state index < -0.39 is 6.04 Å². The van der Waals surface area contributed by atoms with Gasteiger partial charge < -0.3 is 10.1 Å². The molecule has 7 heteroatoms. The number of piperidine rings is 1. The first-order valence-corrected chi connectivity index (χ1v) is 12.1. The van der Waals surface area contributed by atoms with Gasteiger partial charge in [-0.25, -0.2) is 4.90 Å². The highest BCUT2D eigenvalue weighted by atomic mass is 32.1. The molecule has 4 rings (SSSR count). The number of rotatable bonds is 9. The number of nitrogens with one attached hydrogen (secondary N) is 1. The summed E-state index contributed by atoms with van der Waals surface area (Å²) in [5.41, 5.74) is 0.616. The summed E-state index contributed by atoms with van der Waals surface area (Å²) in [6.07, 6.45) is 3.41. The number of imide groups is 1. The summed E-state index contributed by atoms with van der Waals surface area (Å²) in [5, 5.41) is 5.51. The Bertz CT molecular complexity index is 861. The summed E-state index contributed by atoms with van der Waals surface area (Å²) in [7, 11) is 0. The molecular formula is C24H31N3O3S. The SMILES string of the molecule is CCCOc1ccc(N2C(=O)C[C@H](NCC3CCN(Cc4cccs4)CC3)C2=O)cc1. The van der Waals surface area contributed by atoms with Gasteiger partial charge >= 0.3 is 0 Å². The monoisotopic (exact) mass is 441 g/mol. The van der Waals surface area contributed by atoms with Crippen molar-refractivity contribution < 1.29 is 14.3 Å². The van der Waals surface area contributed by atoms with Gasteiger partial charge in [-0.2, -0.15) is 0 Å². The maximum absolute atomic E-state index is 12.9. The summed E-state index contributed by atoms with van der Waals surface area (Å²) in [4.78, 5) is 30.6. The molecule has 2 aromatic rings. The number of hydrogen-bond acceptors (Lipinski definition) is 6. The second kappa shape index (κ2) is 10.4. The normalized spacial score (nSPS) is 20.5. The van der Waals surface area contributed by atoms with Crippen molar-refractivity contribution in [3.05, 3.63) is 46.7 Å². The van der Waals surface area contributed by atoms with Crippen molar-refractivity contribution in [2.45, 2.75) is 45.2 Å². The van der Waals surface area contributed by atoms with Gasteiger partial charge in [0, 0.05) is 11.4 Å². The molecule has 2 amide bonds. The lowest BCUT2D eigenvalue weighted by Gasteiger charge is -2.32. The van der Waals surface area contributed by atoms with Crippen LogP contribution in [0.4, 0.5) is 5.69 Å². The van der Waals surface area contributed by atoms with Crippen LogP contribution in [-0.2, 0) is 16.1 Å². The lowest BCUT2D eigenvalue weighted by molar-refractivity contribution is -0.121. The van der Waals surface area contributed by atoms with Crippen LogP contribution in [0.25, 0.3) is 0 Å². The van der Waals surface area contributed by atoms with Crippen LogP contribution in [0.5, 0.6) is 5.75 Å². The highest BCUT2D eigenvalue weighted by molar-refractivity contribution is 7.09. The molecule has 2 aliphatic rings. The molecule has 0 spiro atoms. The Balaban J connectivity index is 1.25. The topological polar surface area (TPSA) is 61.9 Å². The van der Waals surface area contributed by atoms with E-state index in [1.807, 2.05) is 23.5 Å². The number of likely N-dealkylation sites (tertiary alicyclic amines) is 1. The van der Waals surface area contributed by atoms with Gasteiger partial charge in [0.2, 0.25) is 5.91 Å². The van der Waals surface area contributed by atoms with Crippen LogP contribution in [0, 0.1) is 5.92 Å². The summed E-state index contributed by atoms with van der Waals surface area (Å²) in [5.74, 6) is 1.01. The predicted molar refractivity (Wildman–Crippen MR) is 123 cm³/mol. The molecule has 1 N–H and O–H groups in total. The average molecular weight is 442 g/mol. The minimum Gasteiger partial charge on any atom is -0.494 e. The predicted octanol–water partition coefficient (Wildman–Crippen LogP) is 3.67. The fourth-order valence-electron chi connectivity index (χ4n) is 4.25. The Morgan fingerprint density at radius 1 is 1.13 bits per heavy atom. The van der Waals surface area contributed by atoms with E-state index in [9.17, 15) is 9.59 Å². The summed E-state index contributed by atoms with van der Waals surface area (Å²) in [6, 6.07) is 11.1. The number of hydrogen-bond donors (Lipinski definition) is 1. The molecule has 0 aliphatic carbocycles. The standard InChI is InChI=1S/C24H31N3O3S/c1-2-13-30-20-7-5-19(6-8-20)27-23(28)15-22(24(27)29)25-16-18-9-11-26(12-10-18)17-21-4-3-14-31-21/h3-8,14,18,22,25H,2,9-13,15-17H2,1H3/t22-/m0/s1. The Morgan fingerprint density at radius 2 is 1.90 bits per heavy atom. The lowest BCUT2D eigenvalue weighted by atomic mass is 9.96. The van der Waals surface area contributed by atoms with Crippen LogP contribution in [0.15, 0.2) is 41.8 Å². The second-order valence-electron chi connectivity index (χ2n) is 8.37. The quantitative estimate of drug-likeness (QED) is 0.602. The van der Waals surface area contributed by atoms with Gasteiger partial charge in [0.25, 0.3) is 5.91 Å². The molecule has 2 fully saturated rings. The van der Waals surface area contributed by atoms with E-state index in [2.05, 4.69) is 34.7 Å². The molecule has 0 saturated carbocycles. The van der Waals surface area contributed by atoms with Gasteiger partial charge in [-0.3, -0.25) is 14.5 Å². The minimum absolute atomic E-state index is 0.143. The molecule has 166 valence electrons. The smallest absolute Gasteiger partial charge is 0.251 e. The molecule has 1 aromatic heterocycles. The highest BCUT2D eigenvalue weighted by Gasteiger charge is 2.39. The van der Waals surface area contributed by atoms with Gasteiger partial charge in [-0.1, -0.05) is 13.0 Å². The number of thiophene rings is 1. The maximum Gasteiger partial charge on any atom is 0.251 e. The van der Waals surface area contributed by atoms with E-state index in [0.717, 1.165) is 51.2 Å². The van der Waals surface area contributed by atoms with Crippen molar-refractivity contribution in [3.63, 3.8) is 0 Å². The Hall–Kier alpha value is -2.22. The highest BCUT2D eigenvalue weighted by Crippen LogP contribution is 2.26. The van der Waals surface area contributed by atoms with Crippen LogP contribution in [0.2, 0.25) is 0 Å². The van der Waals surface area contributed by atoms with E-state index in [0.29, 0.717) is 18.2 Å². The minimum atomic E-state index is -0.423. The molecular weight excluding hydrogens is 410 g/mol. The number of carbonyl (C=O) groups excluding carboxylic acids is 2. The van der Waals surface area contributed by atoms with Crippen LogP contribution in [0.1, 0.15) is 37.5 Å². The maximum atomic E-state index is 12.9. The first-order chi connectivity index (χ1) is 15.1. The number of anilines is 1. The number of carbonyl (C=O) groups is 2. The van der Waals surface area contributed by atoms with Crippen LogP contribution in [0.3, 0.4) is 0 Å². The first kappa shape index (κ1) is 22.0. The number of amides is 2. The van der Waals surface area contributed by atoms with Crippen molar-refractivity contribution >= 4 is 28.8 Å². The molecule has 31 heavy (non-hydrogen) atoms. The first-order valence-electron chi connectivity index (χ1n) is 11.2. The van der Waals surface area contributed by atoms with Crippen molar-refractivity contribution in [2.75, 3.05) is 31.1 Å². The summed E-state index contributed by atoms with van der Waals surface area (Å²) >= 11 is 1.81. The molecule has 2 aliphatic heterocycles. The van der Waals surface area contributed by atoms with Gasteiger partial charge in [-0.15, -0.1) is 11.3 Å².